The van der Waals surface area contributed by atoms with Crippen LogP contribution in [0.5, 0.6) is 5.75 Å². The van der Waals surface area contributed by atoms with E-state index in [4.69, 9.17) is 0 Å². The Labute approximate surface area is 100 Å². The molecule has 0 atom stereocenters. The zero-order valence-corrected chi connectivity index (χ0v) is 9.28. The van der Waals surface area contributed by atoms with Gasteiger partial charge in [0.2, 0.25) is 0 Å². The molecule has 1 rings (SSSR count). The number of carbonyl (C=O) groups is 2. The Balaban J connectivity index is 2.96. The lowest BCUT2D eigenvalue weighted by Gasteiger charge is -2.11. The van der Waals surface area contributed by atoms with Gasteiger partial charge < -0.3 is 9.47 Å². The summed E-state index contributed by atoms with van der Waals surface area (Å²) in [5, 5.41) is 0. The third-order valence-electron chi connectivity index (χ3n) is 2.00. The summed E-state index contributed by atoms with van der Waals surface area (Å²) in [5.74, 6) is -1.16. The smallest absolute Gasteiger partial charge is 0.469 e. The van der Waals surface area contributed by atoms with Crippen LogP contribution in [-0.4, -0.2) is 25.7 Å². The molecule has 18 heavy (non-hydrogen) atoms. The summed E-state index contributed by atoms with van der Waals surface area (Å²) < 4.78 is 44.1. The topological polar surface area (TPSA) is 52.6 Å². The highest BCUT2D eigenvalue weighted by atomic mass is 19.4. The molecule has 0 heterocycles. The van der Waals surface area contributed by atoms with Gasteiger partial charge in [0.1, 0.15) is 5.75 Å². The van der Waals surface area contributed by atoms with E-state index >= 15 is 0 Å². The third-order valence-corrected chi connectivity index (χ3v) is 2.00. The largest absolute Gasteiger partial charge is 0.573 e. The molecule has 0 aliphatic heterocycles. The first-order valence-corrected chi connectivity index (χ1v) is 4.76. The quantitative estimate of drug-likeness (QED) is 0.616. The number of carbonyl (C=O) groups excluding carboxylic acids is 2. The van der Waals surface area contributed by atoms with Gasteiger partial charge in [-0.2, -0.15) is 0 Å². The van der Waals surface area contributed by atoms with E-state index in [2.05, 4.69) is 9.47 Å². The second-order valence-corrected chi connectivity index (χ2v) is 3.29. The van der Waals surface area contributed by atoms with Crippen LogP contribution in [0.4, 0.5) is 13.2 Å². The van der Waals surface area contributed by atoms with Crippen molar-refractivity contribution in [2.24, 2.45) is 0 Å². The molecule has 0 unspecified atom stereocenters. The minimum Gasteiger partial charge on any atom is -0.469 e. The number of aldehydes is 1. The molecule has 0 fully saturated rings. The van der Waals surface area contributed by atoms with E-state index in [1.54, 1.807) is 0 Å². The number of methoxy groups -OCH3 is 1. The first-order chi connectivity index (χ1) is 8.35. The average molecular weight is 262 g/mol. The molecule has 4 nitrogen and oxygen atoms in total. The molecule has 0 radical (unpaired) electrons. The Hall–Kier alpha value is -2.05. The molecular formula is C11H9F3O4. The van der Waals surface area contributed by atoms with Crippen LogP contribution >= 0.6 is 0 Å². The fourth-order valence-corrected chi connectivity index (χ4v) is 1.26. The van der Waals surface area contributed by atoms with Gasteiger partial charge in [0.25, 0.3) is 0 Å². The Bertz CT molecular complexity index is 454. The van der Waals surface area contributed by atoms with Gasteiger partial charge in [0.05, 0.1) is 19.1 Å². The molecule has 1 aromatic rings. The number of hydrogen-bond acceptors (Lipinski definition) is 4. The van der Waals surface area contributed by atoms with Crippen molar-refractivity contribution in [3.8, 4) is 5.75 Å². The van der Waals surface area contributed by atoms with Crippen molar-refractivity contribution in [1.29, 1.82) is 0 Å². The Morgan fingerprint density at radius 2 is 2.06 bits per heavy atom. The van der Waals surface area contributed by atoms with Gasteiger partial charge in [0.15, 0.2) is 6.29 Å². The monoisotopic (exact) mass is 262 g/mol. The van der Waals surface area contributed by atoms with Crippen molar-refractivity contribution in [3.05, 3.63) is 29.3 Å². The van der Waals surface area contributed by atoms with Crippen LogP contribution < -0.4 is 4.74 Å². The van der Waals surface area contributed by atoms with E-state index in [1.165, 1.54) is 13.2 Å². The lowest BCUT2D eigenvalue weighted by Crippen LogP contribution is -2.18. The minimum absolute atomic E-state index is 0.135. The number of halogens is 3. The molecule has 1 aromatic carbocycles. The highest BCUT2D eigenvalue weighted by Gasteiger charge is 2.32. The van der Waals surface area contributed by atoms with Crippen molar-refractivity contribution in [2.45, 2.75) is 12.8 Å². The van der Waals surface area contributed by atoms with E-state index in [1.807, 2.05) is 0 Å². The number of hydrogen-bond donors (Lipinski definition) is 0. The van der Waals surface area contributed by atoms with Crippen LogP contribution in [0.15, 0.2) is 18.2 Å². The Morgan fingerprint density at radius 3 is 2.56 bits per heavy atom. The summed E-state index contributed by atoms with van der Waals surface area (Å²) in [7, 11) is 1.18. The zero-order valence-electron chi connectivity index (χ0n) is 9.28. The predicted octanol–water partition coefficient (Wildman–Crippen LogP) is 2.11. The van der Waals surface area contributed by atoms with Crippen molar-refractivity contribution < 1.29 is 32.2 Å². The molecular weight excluding hydrogens is 253 g/mol. The van der Waals surface area contributed by atoms with E-state index < -0.39 is 18.1 Å². The molecule has 0 aromatic heterocycles. The number of ether oxygens (including phenoxy) is 2. The number of esters is 1. The van der Waals surface area contributed by atoms with Gasteiger partial charge in [-0.05, 0) is 17.7 Å². The molecule has 0 bridgehead atoms. The maximum Gasteiger partial charge on any atom is 0.573 e. The van der Waals surface area contributed by atoms with Gasteiger partial charge in [0, 0.05) is 0 Å². The van der Waals surface area contributed by atoms with Gasteiger partial charge in [-0.1, -0.05) is 6.07 Å². The summed E-state index contributed by atoms with van der Waals surface area (Å²) in [6, 6.07) is 3.38. The van der Waals surface area contributed by atoms with Gasteiger partial charge in [-0.25, -0.2) is 0 Å². The number of rotatable bonds is 4. The summed E-state index contributed by atoms with van der Waals surface area (Å²) in [6.45, 7) is 0. The van der Waals surface area contributed by atoms with E-state index in [0.29, 0.717) is 5.56 Å². The maximum absolute atomic E-state index is 12.0. The Morgan fingerprint density at radius 1 is 1.39 bits per heavy atom. The molecule has 0 saturated carbocycles. The normalized spacial score (nSPS) is 10.9. The van der Waals surface area contributed by atoms with Crippen LogP contribution in [0, 0.1) is 0 Å². The van der Waals surface area contributed by atoms with Gasteiger partial charge in [-0.3, -0.25) is 9.59 Å². The van der Waals surface area contributed by atoms with Crippen LogP contribution in [-0.2, 0) is 16.0 Å². The summed E-state index contributed by atoms with van der Waals surface area (Å²) in [5.41, 5.74) is 0.0761. The van der Waals surface area contributed by atoms with Crippen LogP contribution in [0.1, 0.15) is 15.9 Å². The number of benzene rings is 1. The molecule has 0 aliphatic rings. The van der Waals surface area contributed by atoms with E-state index in [0.717, 1.165) is 12.1 Å². The summed E-state index contributed by atoms with van der Waals surface area (Å²) in [4.78, 5) is 21.6. The van der Waals surface area contributed by atoms with Crippen LogP contribution in [0.3, 0.4) is 0 Å². The van der Waals surface area contributed by atoms with E-state index in [-0.39, 0.29) is 18.3 Å². The molecule has 0 saturated heterocycles. The second kappa shape index (κ2) is 5.52. The lowest BCUT2D eigenvalue weighted by atomic mass is 10.1. The van der Waals surface area contributed by atoms with Crippen molar-refractivity contribution in [2.75, 3.05) is 7.11 Å². The van der Waals surface area contributed by atoms with Crippen molar-refractivity contribution >= 4 is 12.3 Å². The SMILES string of the molecule is COC(=O)Cc1ccc(OC(F)(F)F)c(C=O)c1. The fourth-order valence-electron chi connectivity index (χ4n) is 1.26. The van der Waals surface area contributed by atoms with Crippen molar-refractivity contribution in [3.63, 3.8) is 0 Å². The molecule has 0 N–H and O–H groups in total. The molecule has 98 valence electrons. The summed E-state index contributed by atoms with van der Waals surface area (Å²) >= 11 is 0. The molecule has 0 spiro atoms. The highest BCUT2D eigenvalue weighted by molar-refractivity contribution is 5.81. The fraction of sp³-hybridized carbons (Fsp3) is 0.273. The zero-order chi connectivity index (χ0) is 13.8. The first-order valence-electron chi connectivity index (χ1n) is 4.76. The predicted molar refractivity (Wildman–Crippen MR) is 54.2 cm³/mol. The average Bonchev–Trinajstić information content (AvgIpc) is 2.29. The van der Waals surface area contributed by atoms with E-state index in [9.17, 15) is 22.8 Å². The van der Waals surface area contributed by atoms with Crippen molar-refractivity contribution in [1.82, 2.24) is 0 Å². The first kappa shape index (κ1) is 14.0. The minimum atomic E-state index is -4.87. The second-order valence-electron chi connectivity index (χ2n) is 3.29. The Kier molecular flexibility index (Phi) is 4.30. The standard InChI is InChI=1S/C11H9F3O4/c1-17-10(16)5-7-2-3-9(8(4-7)6-15)18-11(12,13)14/h2-4,6H,5H2,1H3. The highest BCUT2D eigenvalue weighted by Crippen LogP contribution is 2.26. The molecule has 7 heteroatoms. The molecule has 0 amide bonds. The lowest BCUT2D eigenvalue weighted by molar-refractivity contribution is -0.274. The van der Waals surface area contributed by atoms with Crippen LogP contribution in [0.25, 0.3) is 0 Å². The molecule has 0 aliphatic carbocycles. The van der Waals surface area contributed by atoms with Crippen LogP contribution in [0.2, 0.25) is 0 Å². The summed E-state index contributed by atoms with van der Waals surface area (Å²) in [6.07, 6.45) is -4.78. The number of alkyl halides is 3. The third kappa shape index (κ3) is 4.08. The van der Waals surface area contributed by atoms with Gasteiger partial charge in [-0.15, -0.1) is 13.2 Å². The maximum atomic E-state index is 12.0. The van der Waals surface area contributed by atoms with Gasteiger partial charge >= 0.3 is 12.3 Å².